The summed E-state index contributed by atoms with van der Waals surface area (Å²) in [4.78, 5) is 16.1. The van der Waals surface area contributed by atoms with Crippen LogP contribution in [0.5, 0.6) is 5.75 Å². The van der Waals surface area contributed by atoms with Crippen molar-refractivity contribution in [3.05, 3.63) is 115 Å². The SMILES string of the molecule is O=C(NC(=S)Nc1cccc(OCc2ccc(-c3ccccc3)cc2)c1)c1cccnc1. The lowest BCUT2D eigenvalue weighted by Crippen LogP contribution is -2.34. The molecule has 32 heavy (non-hydrogen) atoms. The van der Waals surface area contributed by atoms with Gasteiger partial charge in [0.25, 0.3) is 5.91 Å². The predicted molar refractivity (Wildman–Crippen MR) is 131 cm³/mol. The predicted octanol–water partition coefficient (Wildman–Crippen LogP) is 5.45. The normalized spacial score (nSPS) is 10.2. The number of ether oxygens (including phenoxy) is 1. The summed E-state index contributed by atoms with van der Waals surface area (Å²) >= 11 is 5.24. The Morgan fingerprint density at radius 2 is 1.66 bits per heavy atom. The Morgan fingerprint density at radius 3 is 2.41 bits per heavy atom. The Bertz CT molecular complexity index is 1200. The minimum absolute atomic E-state index is 0.201. The number of rotatable bonds is 6. The van der Waals surface area contributed by atoms with Gasteiger partial charge in [0.05, 0.1) is 5.56 Å². The van der Waals surface area contributed by atoms with E-state index in [4.69, 9.17) is 17.0 Å². The second kappa shape index (κ2) is 10.3. The molecule has 1 heterocycles. The molecule has 0 unspecified atom stereocenters. The summed E-state index contributed by atoms with van der Waals surface area (Å²) in [7, 11) is 0. The second-order valence-corrected chi connectivity index (χ2v) is 7.44. The Labute approximate surface area is 192 Å². The van der Waals surface area contributed by atoms with Crippen molar-refractivity contribution in [3.8, 4) is 16.9 Å². The lowest BCUT2D eigenvalue weighted by molar-refractivity contribution is 0.0977. The largest absolute Gasteiger partial charge is 0.489 e. The number of hydrogen-bond donors (Lipinski definition) is 2. The van der Waals surface area contributed by atoms with Crippen LogP contribution < -0.4 is 15.4 Å². The minimum atomic E-state index is -0.318. The highest BCUT2D eigenvalue weighted by Gasteiger charge is 2.08. The molecule has 0 saturated carbocycles. The van der Waals surface area contributed by atoms with Crippen molar-refractivity contribution in [1.82, 2.24) is 10.3 Å². The lowest BCUT2D eigenvalue weighted by Gasteiger charge is -2.12. The summed E-state index contributed by atoms with van der Waals surface area (Å²) in [6.07, 6.45) is 3.09. The molecule has 0 fully saturated rings. The average molecular weight is 440 g/mol. The van der Waals surface area contributed by atoms with E-state index in [1.165, 1.54) is 17.3 Å². The van der Waals surface area contributed by atoms with Crippen LogP contribution in [0.2, 0.25) is 0 Å². The van der Waals surface area contributed by atoms with Gasteiger partial charge in [-0.2, -0.15) is 0 Å². The molecule has 0 aliphatic heterocycles. The average Bonchev–Trinajstić information content (AvgIpc) is 2.84. The zero-order valence-electron chi connectivity index (χ0n) is 17.2. The molecule has 0 aliphatic carbocycles. The van der Waals surface area contributed by atoms with Gasteiger partial charge >= 0.3 is 0 Å². The van der Waals surface area contributed by atoms with Crippen molar-refractivity contribution in [2.75, 3.05) is 5.32 Å². The standard InChI is InChI=1S/C26H21N3O2S/c30-25(22-8-5-15-27-17-22)29-26(32)28-23-9-4-10-24(16-23)31-18-19-11-13-21(14-12-19)20-6-2-1-3-7-20/h1-17H,18H2,(H2,28,29,30,32). The van der Waals surface area contributed by atoms with E-state index in [9.17, 15) is 4.79 Å². The highest BCUT2D eigenvalue weighted by atomic mass is 32.1. The smallest absolute Gasteiger partial charge is 0.258 e. The molecule has 3 aromatic carbocycles. The number of carbonyl (C=O) groups is 1. The molecular weight excluding hydrogens is 418 g/mol. The number of nitrogens with one attached hydrogen (secondary N) is 2. The molecule has 4 aromatic rings. The Morgan fingerprint density at radius 1 is 0.875 bits per heavy atom. The van der Waals surface area contributed by atoms with Crippen LogP contribution in [0.15, 0.2) is 103 Å². The third-order valence-corrected chi connectivity index (χ3v) is 4.91. The number of amides is 1. The van der Waals surface area contributed by atoms with Gasteiger partial charge in [-0.1, -0.05) is 60.7 Å². The topological polar surface area (TPSA) is 63.2 Å². The monoisotopic (exact) mass is 439 g/mol. The van der Waals surface area contributed by atoms with Gasteiger partial charge in [-0.25, -0.2) is 0 Å². The Kier molecular flexibility index (Phi) is 6.84. The number of hydrogen-bond acceptors (Lipinski definition) is 4. The molecule has 1 amide bonds. The van der Waals surface area contributed by atoms with Crippen molar-refractivity contribution in [1.29, 1.82) is 0 Å². The fourth-order valence-electron chi connectivity index (χ4n) is 3.09. The first-order chi connectivity index (χ1) is 15.7. The quantitative estimate of drug-likeness (QED) is 0.391. The molecule has 0 bridgehead atoms. The van der Waals surface area contributed by atoms with E-state index in [2.05, 4.69) is 52.0 Å². The number of nitrogens with zero attached hydrogens (tertiary/aromatic N) is 1. The molecule has 0 aliphatic rings. The molecule has 6 heteroatoms. The Balaban J connectivity index is 1.32. The third-order valence-electron chi connectivity index (χ3n) is 4.71. The fourth-order valence-corrected chi connectivity index (χ4v) is 3.30. The van der Waals surface area contributed by atoms with E-state index in [-0.39, 0.29) is 11.0 Å². The molecule has 0 saturated heterocycles. The van der Waals surface area contributed by atoms with Gasteiger partial charge in [-0.3, -0.25) is 15.1 Å². The number of aromatic nitrogens is 1. The van der Waals surface area contributed by atoms with Crippen molar-refractivity contribution < 1.29 is 9.53 Å². The van der Waals surface area contributed by atoms with E-state index in [0.29, 0.717) is 17.9 Å². The van der Waals surface area contributed by atoms with Gasteiger partial charge < -0.3 is 10.1 Å². The van der Waals surface area contributed by atoms with E-state index >= 15 is 0 Å². The van der Waals surface area contributed by atoms with Crippen LogP contribution in [0.1, 0.15) is 15.9 Å². The van der Waals surface area contributed by atoms with Crippen LogP contribution in [0.4, 0.5) is 5.69 Å². The first-order valence-electron chi connectivity index (χ1n) is 10.1. The van der Waals surface area contributed by atoms with E-state index in [0.717, 1.165) is 11.3 Å². The van der Waals surface area contributed by atoms with Gasteiger partial charge in [0.2, 0.25) is 0 Å². The molecule has 1 aromatic heterocycles. The van der Waals surface area contributed by atoms with Gasteiger partial charge in [0, 0.05) is 24.1 Å². The maximum Gasteiger partial charge on any atom is 0.258 e. The van der Waals surface area contributed by atoms with Crippen LogP contribution in [-0.4, -0.2) is 16.0 Å². The van der Waals surface area contributed by atoms with Gasteiger partial charge in [0.1, 0.15) is 12.4 Å². The minimum Gasteiger partial charge on any atom is -0.489 e. The van der Waals surface area contributed by atoms with Crippen molar-refractivity contribution in [2.24, 2.45) is 0 Å². The zero-order valence-corrected chi connectivity index (χ0v) is 18.0. The number of benzene rings is 3. The highest BCUT2D eigenvalue weighted by molar-refractivity contribution is 7.80. The van der Waals surface area contributed by atoms with Crippen LogP contribution in [0, 0.1) is 0 Å². The van der Waals surface area contributed by atoms with E-state index in [1.807, 2.05) is 42.5 Å². The molecule has 4 rings (SSSR count). The second-order valence-electron chi connectivity index (χ2n) is 7.03. The van der Waals surface area contributed by atoms with Crippen LogP contribution in [0.25, 0.3) is 11.1 Å². The molecule has 0 atom stereocenters. The Hall–Kier alpha value is -4.03. The van der Waals surface area contributed by atoms with E-state index in [1.54, 1.807) is 18.3 Å². The number of carbonyl (C=O) groups excluding carboxylic acids is 1. The summed E-state index contributed by atoms with van der Waals surface area (Å²) < 4.78 is 5.93. The summed E-state index contributed by atoms with van der Waals surface area (Å²) in [5, 5.41) is 5.85. The fraction of sp³-hybridized carbons (Fsp3) is 0.0385. The van der Waals surface area contributed by atoms with Crippen LogP contribution >= 0.6 is 12.2 Å². The number of pyridine rings is 1. The van der Waals surface area contributed by atoms with Crippen molar-refractivity contribution >= 4 is 28.9 Å². The maximum absolute atomic E-state index is 12.2. The molecule has 2 N–H and O–H groups in total. The molecular formula is C26H21N3O2S. The van der Waals surface area contributed by atoms with Gasteiger partial charge in [-0.05, 0) is 53.2 Å². The maximum atomic E-state index is 12.2. The molecule has 0 radical (unpaired) electrons. The first-order valence-corrected chi connectivity index (χ1v) is 10.5. The third kappa shape index (κ3) is 5.77. The van der Waals surface area contributed by atoms with Gasteiger partial charge in [0.15, 0.2) is 5.11 Å². The summed E-state index contributed by atoms with van der Waals surface area (Å²) in [6.45, 7) is 0.445. The first kappa shape index (κ1) is 21.2. The van der Waals surface area contributed by atoms with Gasteiger partial charge in [-0.15, -0.1) is 0 Å². The summed E-state index contributed by atoms with van der Waals surface area (Å²) in [5.74, 6) is 0.380. The number of anilines is 1. The van der Waals surface area contributed by atoms with Crippen LogP contribution in [-0.2, 0) is 6.61 Å². The summed E-state index contributed by atoms with van der Waals surface area (Å²) in [6, 6.07) is 29.4. The van der Waals surface area contributed by atoms with E-state index < -0.39 is 0 Å². The zero-order chi connectivity index (χ0) is 22.2. The number of thiocarbonyl (C=S) groups is 1. The molecule has 5 nitrogen and oxygen atoms in total. The lowest BCUT2D eigenvalue weighted by atomic mass is 10.0. The van der Waals surface area contributed by atoms with Crippen molar-refractivity contribution in [2.45, 2.75) is 6.61 Å². The van der Waals surface area contributed by atoms with Crippen LogP contribution in [0.3, 0.4) is 0 Å². The molecule has 158 valence electrons. The highest BCUT2D eigenvalue weighted by Crippen LogP contribution is 2.21. The molecule has 0 spiro atoms. The van der Waals surface area contributed by atoms with Crippen molar-refractivity contribution in [3.63, 3.8) is 0 Å². The summed E-state index contributed by atoms with van der Waals surface area (Å²) in [5.41, 5.74) is 4.58.